The van der Waals surface area contributed by atoms with Crippen molar-refractivity contribution in [3.63, 3.8) is 0 Å². The van der Waals surface area contributed by atoms with E-state index in [1.807, 2.05) is 36.0 Å². The zero-order valence-corrected chi connectivity index (χ0v) is 8.84. The fourth-order valence-corrected chi connectivity index (χ4v) is 0.997. The Balaban J connectivity index is 0.00000121. The predicted octanol–water partition coefficient (Wildman–Crippen LogP) is -2.35. The number of hydrogen-bond acceptors (Lipinski definition) is 1. The number of Topliss-reactive ketones (excluding diaryl/α,β-unsaturated/α-hetero) is 1. The summed E-state index contributed by atoms with van der Waals surface area (Å²) < 4.78 is 1.96. The van der Waals surface area contributed by atoms with E-state index in [0.717, 1.165) is 5.69 Å². The summed E-state index contributed by atoms with van der Waals surface area (Å²) in [5, 5.41) is 0. The highest BCUT2D eigenvalue weighted by atomic mass is 79.9. The Hall–Kier alpha value is -0.700. The van der Waals surface area contributed by atoms with Gasteiger partial charge < -0.3 is 17.0 Å². The molecule has 0 aliphatic carbocycles. The summed E-state index contributed by atoms with van der Waals surface area (Å²) in [4.78, 5) is 10.8. The van der Waals surface area contributed by atoms with Crippen molar-refractivity contribution in [2.45, 2.75) is 13.3 Å². The molecule has 2 nitrogen and oxygen atoms in total. The SMILES string of the molecule is CC(=O)Cc1cccc[n+]1C.[Br-]. The summed E-state index contributed by atoms with van der Waals surface area (Å²) in [6.07, 6.45) is 2.47. The molecule has 0 saturated carbocycles. The van der Waals surface area contributed by atoms with E-state index in [1.165, 1.54) is 0 Å². The van der Waals surface area contributed by atoms with Crippen LogP contribution in [-0.4, -0.2) is 5.78 Å². The number of aromatic nitrogens is 1. The second-order valence-corrected chi connectivity index (χ2v) is 2.68. The van der Waals surface area contributed by atoms with Crippen molar-refractivity contribution in [2.24, 2.45) is 7.05 Å². The smallest absolute Gasteiger partial charge is 0.188 e. The third-order valence-electron chi connectivity index (χ3n) is 1.59. The molecule has 0 aromatic carbocycles. The molecule has 1 heterocycles. The van der Waals surface area contributed by atoms with Crippen molar-refractivity contribution in [3.05, 3.63) is 30.1 Å². The van der Waals surface area contributed by atoms with E-state index in [2.05, 4.69) is 0 Å². The number of halogens is 1. The number of hydrogen-bond donors (Lipinski definition) is 0. The van der Waals surface area contributed by atoms with Crippen molar-refractivity contribution in [1.82, 2.24) is 0 Å². The molecular formula is C9H12BrNO. The Morgan fingerprint density at radius 3 is 2.67 bits per heavy atom. The molecule has 0 aliphatic rings. The minimum absolute atomic E-state index is 0. The first-order chi connectivity index (χ1) is 5.20. The molecule has 1 rings (SSSR count). The summed E-state index contributed by atoms with van der Waals surface area (Å²) in [6.45, 7) is 1.60. The molecule has 1 aromatic rings. The van der Waals surface area contributed by atoms with Crippen LogP contribution >= 0.6 is 0 Å². The third-order valence-corrected chi connectivity index (χ3v) is 1.59. The highest BCUT2D eigenvalue weighted by Crippen LogP contribution is 1.92. The highest BCUT2D eigenvalue weighted by molar-refractivity contribution is 5.77. The van der Waals surface area contributed by atoms with Crippen LogP contribution in [0, 0.1) is 0 Å². The number of aryl methyl sites for hydroxylation is 1. The Morgan fingerprint density at radius 2 is 2.17 bits per heavy atom. The van der Waals surface area contributed by atoms with E-state index in [4.69, 9.17) is 0 Å². The number of nitrogens with zero attached hydrogens (tertiary/aromatic N) is 1. The van der Waals surface area contributed by atoms with Crippen molar-refractivity contribution < 1.29 is 26.3 Å². The van der Waals surface area contributed by atoms with Gasteiger partial charge in [0.25, 0.3) is 0 Å². The van der Waals surface area contributed by atoms with E-state index in [0.29, 0.717) is 6.42 Å². The fourth-order valence-electron chi connectivity index (χ4n) is 0.997. The predicted molar refractivity (Wildman–Crippen MR) is 42.0 cm³/mol. The summed E-state index contributed by atoms with van der Waals surface area (Å²) >= 11 is 0. The van der Waals surface area contributed by atoms with Crippen LogP contribution in [0.2, 0.25) is 0 Å². The molecule has 0 amide bonds. The van der Waals surface area contributed by atoms with Crippen molar-refractivity contribution >= 4 is 5.78 Å². The average molecular weight is 230 g/mol. The molecule has 0 saturated heterocycles. The van der Waals surface area contributed by atoms with Crippen LogP contribution in [0.25, 0.3) is 0 Å². The summed E-state index contributed by atoms with van der Waals surface area (Å²) in [7, 11) is 1.94. The van der Waals surface area contributed by atoms with Crippen LogP contribution in [0.15, 0.2) is 24.4 Å². The van der Waals surface area contributed by atoms with Gasteiger partial charge in [-0.05, 0) is 6.92 Å². The van der Waals surface area contributed by atoms with Crippen LogP contribution in [0.4, 0.5) is 0 Å². The zero-order chi connectivity index (χ0) is 8.27. The van der Waals surface area contributed by atoms with Gasteiger partial charge in [-0.3, -0.25) is 4.79 Å². The van der Waals surface area contributed by atoms with Crippen LogP contribution in [0.3, 0.4) is 0 Å². The van der Waals surface area contributed by atoms with Gasteiger partial charge >= 0.3 is 0 Å². The van der Waals surface area contributed by atoms with Crippen molar-refractivity contribution in [3.8, 4) is 0 Å². The molecule has 0 N–H and O–H groups in total. The van der Waals surface area contributed by atoms with Gasteiger partial charge in [0.15, 0.2) is 11.9 Å². The van der Waals surface area contributed by atoms with E-state index < -0.39 is 0 Å². The first-order valence-electron chi connectivity index (χ1n) is 3.63. The first kappa shape index (κ1) is 11.3. The minimum Gasteiger partial charge on any atom is -1.00 e. The van der Waals surface area contributed by atoms with Gasteiger partial charge in [0.2, 0.25) is 0 Å². The van der Waals surface area contributed by atoms with Gasteiger partial charge in [0.05, 0.1) is 6.42 Å². The monoisotopic (exact) mass is 229 g/mol. The Morgan fingerprint density at radius 1 is 1.50 bits per heavy atom. The van der Waals surface area contributed by atoms with Gasteiger partial charge in [-0.2, -0.15) is 0 Å². The number of rotatable bonds is 2. The molecule has 0 aliphatic heterocycles. The number of carbonyl (C=O) groups excluding carboxylic acids is 1. The lowest BCUT2D eigenvalue weighted by molar-refractivity contribution is -0.678. The molecule has 0 fully saturated rings. The number of pyridine rings is 1. The Labute approximate surface area is 83.0 Å². The summed E-state index contributed by atoms with van der Waals surface area (Å²) in [5.41, 5.74) is 1.06. The fraction of sp³-hybridized carbons (Fsp3) is 0.333. The molecular weight excluding hydrogens is 218 g/mol. The van der Waals surface area contributed by atoms with Gasteiger partial charge in [-0.1, -0.05) is 6.07 Å². The summed E-state index contributed by atoms with van der Waals surface area (Å²) in [5.74, 6) is 0.201. The van der Waals surface area contributed by atoms with Gasteiger partial charge in [-0.15, -0.1) is 0 Å². The van der Waals surface area contributed by atoms with Crippen LogP contribution in [0.1, 0.15) is 12.6 Å². The van der Waals surface area contributed by atoms with Crippen molar-refractivity contribution in [2.75, 3.05) is 0 Å². The molecule has 0 unspecified atom stereocenters. The molecule has 0 radical (unpaired) electrons. The Kier molecular flexibility index (Phi) is 4.74. The van der Waals surface area contributed by atoms with Crippen molar-refractivity contribution in [1.29, 1.82) is 0 Å². The number of ketones is 1. The quantitative estimate of drug-likeness (QED) is 0.521. The molecule has 0 atom stereocenters. The zero-order valence-electron chi connectivity index (χ0n) is 7.25. The lowest BCUT2D eigenvalue weighted by Crippen LogP contribution is -3.00. The lowest BCUT2D eigenvalue weighted by Gasteiger charge is -1.94. The van der Waals surface area contributed by atoms with Crippen LogP contribution in [-0.2, 0) is 18.3 Å². The maximum Gasteiger partial charge on any atom is 0.188 e. The second kappa shape index (κ2) is 5.04. The molecule has 66 valence electrons. The topological polar surface area (TPSA) is 20.9 Å². The number of carbonyl (C=O) groups is 1. The van der Waals surface area contributed by atoms with E-state index in [-0.39, 0.29) is 22.8 Å². The highest BCUT2D eigenvalue weighted by Gasteiger charge is 2.05. The minimum atomic E-state index is 0. The molecule has 1 aromatic heterocycles. The standard InChI is InChI=1S/C9H12NO.BrH/c1-8(11)7-9-5-3-4-6-10(9)2;/h3-6H,7H2,1-2H3;1H/q+1;/p-1. The van der Waals surface area contributed by atoms with E-state index in [9.17, 15) is 4.79 Å². The molecule has 3 heteroatoms. The molecule has 12 heavy (non-hydrogen) atoms. The van der Waals surface area contributed by atoms with Gasteiger partial charge in [-0.25, -0.2) is 4.57 Å². The second-order valence-electron chi connectivity index (χ2n) is 2.68. The van der Waals surface area contributed by atoms with Gasteiger partial charge in [0.1, 0.15) is 12.8 Å². The Bertz CT molecular complexity index is 273. The average Bonchev–Trinajstić information content (AvgIpc) is 1.93. The van der Waals surface area contributed by atoms with Crippen LogP contribution in [0.5, 0.6) is 0 Å². The van der Waals surface area contributed by atoms with E-state index in [1.54, 1.807) is 6.92 Å². The normalized spacial score (nSPS) is 8.83. The van der Waals surface area contributed by atoms with E-state index >= 15 is 0 Å². The maximum absolute atomic E-state index is 10.8. The van der Waals surface area contributed by atoms with Crippen LogP contribution < -0.4 is 21.5 Å². The largest absolute Gasteiger partial charge is 1.00 e. The first-order valence-corrected chi connectivity index (χ1v) is 3.63. The molecule has 0 bridgehead atoms. The molecule has 0 spiro atoms. The third kappa shape index (κ3) is 3.13. The lowest BCUT2D eigenvalue weighted by atomic mass is 10.2. The van der Waals surface area contributed by atoms with Gasteiger partial charge in [0, 0.05) is 12.1 Å². The maximum atomic E-state index is 10.8. The summed E-state index contributed by atoms with van der Waals surface area (Å²) in [6, 6.07) is 5.85.